The number of rotatable bonds is 2. The van der Waals surface area contributed by atoms with E-state index in [4.69, 9.17) is 10.4 Å². The molecule has 0 radical (unpaired) electrons. The Bertz CT molecular complexity index is 605. The van der Waals surface area contributed by atoms with Gasteiger partial charge in [-0.25, -0.2) is 4.79 Å². The van der Waals surface area contributed by atoms with Crippen LogP contribution in [0.3, 0.4) is 0 Å². The minimum Gasteiger partial charge on any atom is -0.477 e. The Balaban J connectivity index is 2.79. The molecule has 0 bridgehead atoms. The number of aromatic amines is 1. The molecule has 0 saturated heterocycles. The van der Waals surface area contributed by atoms with Crippen LogP contribution >= 0.6 is 0 Å². The molecule has 0 spiro atoms. The van der Waals surface area contributed by atoms with Crippen molar-refractivity contribution in [2.24, 2.45) is 0 Å². The molecule has 0 atom stereocenters. The predicted molar refractivity (Wildman–Crippen MR) is 59.4 cm³/mol. The second-order valence-electron chi connectivity index (χ2n) is 3.51. The van der Waals surface area contributed by atoms with Crippen LogP contribution in [0.2, 0.25) is 0 Å². The largest absolute Gasteiger partial charge is 0.477 e. The van der Waals surface area contributed by atoms with Crippen molar-refractivity contribution in [3.05, 3.63) is 35.0 Å². The zero-order chi connectivity index (χ0) is 11.7. The van der Waals surface area contributed by atoms with Crippen molar-refractivity contribution in [1.29, 1.82) is 5.26 Å². The second kappa shape index (κ2) is 3.70. The minimum atomic E-state index is -0.966. The van der Waals surface area contributed by atoms with Crippen molar-refractivity contribution < 1.29 is 9.90 Å². The van der Waals surface area contributed by atoms with Crippen LogP contribution in [0.1, 0.15) is 28.5 Å². The summed E-state index contributed by atoms with van der Waals surface area (Å²) in [7, 11) is 0. The Labute approximate surface area is 92.1 Å². The molecule has 0 aliphatic heterocycles. The number of aromatic nitrogens is 1. The highest BCUT2D eigenvalue weighted by molar-refractivity contribution is 5.97. The van der Waals surface area contributed by atoms with E-state index in [9.17, 15) is 4.79 Å². The number of aryl methyl sites for hydroxylation is 1. The van der Waals surface area contributed by atoms with Gasteiger partial charge in [0.25, 0.3) is 0 Å². The highest BCUT2D eigenvalue weighted by atomic mass is 16.4. The van der Waals surface area contributed by atoms with Gasteiger partial charge in [0, 0.05) is 10.9 Å². The third-order valence-corrected chi connectivity index (χ3v) is 2.60. The summed E-state index contributed by atoms with van der Waals surface area (Å²) in [6.07, 6.45) is 0.622. The average molecular weight is 214 g/mol. The van der Waals surface area contributed by atoms with Crippen molar-refractivity contribution in [3.8, 4) is 6.07 Å². The molecule has 80 valence electrons. The number of nitrogens with zero attached hydrogens (tertiary/aromatic N) is 1. The van der Waals surface area contributed by atoms with Gasteiger partial charge in [0.05, 0.1) is 11.6 Å². The Morgan fingerprint density at radius 2 is 2.31 bits per heavy atom. The molecule has 4 nitrogen and oxygen atoms in total. The number of hydrogen-bond donors (Lipinski definition) is 2. The standard InChI is InChI=1S/C12H10N2O2/c1-2-8-9-5-7(6-13)3-4-10(9)14-11(8)12(15)16/h3-5,14H,2H2,1H3,(H,15,16). The molecule has 0 aliphatic rings. The van der Waals surface area contributed by atoms with Gasteiger partial charge >= 0.3 is 5.97 Å². The van der Waals surface area contributed by atoms with Gasteiger partial charge in [0.1, 0.15) is 5.69 Å². The lowest BCUT2D eigenvalue weighted by molar-refractivity contribution is 0.0690. The molecule has 0 saturated carbocycles. The molecule has 2 rings (SSSR count). The predicted octanol–water partition coefficient (Wildman–Crippen LogP) is 2.30. The number of carboxylic acid groups (broad SMARTS) is 1. The van der Waals surface area contributed by atoms with E-state index in [1.54, 1.807) is 18.2 Å². The Morgan fingerprint density at radius 3 is 2.88 bits per heavy atom. The van der Waals surface area contributed by atoms with Gasteiger partial charge < -0.3 is 10.1 Å². The van der Waals surface area contributed by atoms with Crippen molar-refractivity contribution >= 4 is 16.9 Å². The summed E-state index contributed by atoms with van der Waals surface area (Å²) in [4.78, 5) is 13.9. The maximum absolute atomic E-state index is 11.0. The molecule has 1 aromatic heterocycles. The number of nitriles is 1. The normalized spacial score (nSPS) is 10.2. The number of H-pyrrole nitrogens is 1. The number of hydrogen-bond acceptors (Lipinski definition) is 2. The zero-order valence-corrected chi connectivity index (χ0v) is 8.74. The lowest BCUT2D eigenvalue weighted by Crippen LogP contribution is -2.00. The molecule has 0 unspecified atom stereocenters. The van der Waals surface area contributed by atoms with E-state index in [-0.39, 0.29) is 5.69 Å². The van der Waals surface area contributed by atoms with Crippen LogP contribution in [0.15, 0.2) is 18.2 Å². The molecule has 0 amide bonds. The number of benzene rings is 1. The van der Waals surface area contributed by atoms with Gasteiger partial charge in [-0.05, 0) is 30.2 Å². The monoisotopic (exact) mass is 214 g/mol. The first kappa shape index (κ1) is 10.2. The average Bonchev–Trinajstić information content (AvgIpc) is 2.66. The van der Waals surface area contributed by atoms with Crippen molar-refractivity contribution in [3.63, 3.8) is 0 Å². The number of fused-ring (bicyclic) bond motifs is 1. The van der Waals surface area contributed by atoms with E-state index in [1.807, 2.05) is 13.0 Å². The molecule has 1 heterocycles. The summed E-state index contributed by atoms with van der Waals surface area (Å²) in [5.74, 6) is -0.966. The fraction of sp³-hybridized carbons (Fsp3) is 0.167. The second-order valence-corrected chi connectivity index (χ2v) is 3.51. The summed E-state index contributed by atoms with van der Waals surface area (Å²) in [6.45, 7) is 1.90. The third-order valence-electron chi connectivity index (χ3n) is 2.60. The fourth-order valence-electron chi connectivity index (χ4n) is 1.87. The van der Waals surface area contributed by atoms with Crippen LogP contribution < -0.4 is 0 Å². The maximum atomic E-state index is 11.0. The van der Waals surface area contributed by atoms with Gasteiger partial charge in [0.2, 0.25) is 0 Å². The van der Waals surface area contributed by atoms with Crippen LogP contribution in [0.4, 0.5) is 0 Å². The van der Waals surface area contributed by atoms with Crippen molar-refractivity contribution in [2.75, 3.05) is 0 Å². The molecule has 0 fully saturated rings. The van der Waals surface area contributed by atoms with E-state index in [0.717, 1.165) is 16.5 Å². The summed E-state index contributed by atoms with van der Waals surface area (Å²) >= 11 is 0. The highest BCUT2D eigenvalue weighted by Crippen LogP contribution is 2.24. The molecule has 2 aromatic rings. The van der Waals surface area contributed by atoms with Crippen LogP contribution in [0.25, 0.3) is 10.9 Å². The maximum Gasteiger partial charge on any atom is 0.352 e. The Hall–Kier alpha value is -2.28. The Kier molecular flexibility index (Phi) is 2.37. The smallest absolute Gasteiger partial charge is 0.352 e. The first-order chi connectivity index (χ1) is 7.67. The van der Waals surface area contributed by atoms with Crippen LogP contribution in [-0.2, 0) is 6.42 Å². The molecule has 16 heavy (non-hydrogen) atoms. The number of nitrogens with one attached hydrogen (secondary N) is 1. The molecule has 1 aromatic carbocycles. The van der Waals surface area contributed by atoms with E-state index in [1.165, 1.54) is 0 Å². The number of aromatic carboxylic acids is 1. The quantitative estimate of drug-likeness (QED) is 0.805. The van der Waals surface area contributed by atoms with E-state index in [2.05, 4.69) is 4.98 Å². The van der Waals surface area contributed by atoms with E-state index >= 15 is 0 Å². The molecule has 2 N–H and O–H groups in total. The van der Waals surface area contributed by atoms with Crippen molar-refractivity contribution in [1.82, 2.24) is 4.98 Å². The molecular formula is C12H10N2O2. The lowest BCUT2D eigenvalue weighted by atomic mass is 10.1. The summed E-state index contributed by atoms with van der Waals surface area (Å²) < 4.78 is 0. The van der Waals surface area contributed by atoms with E-state index in [0.29, 0.717) is 12.0 Å². The van der Waals surface area contributed by atoms with Crippen molar-refractivity contribution in [2.45, 2.75) is 13.3 Å². The summed E-state index contributed by atoms with van der Waals surface area (Å²) in [5.41, 5.74) is 2.26. The molecule has 0 aliphatic carbocycles. The van der Waals surface area contributed by atoms with Gasteiger partial charge in [-0.1, -0.05) is 6.92 Å². The lowest BCUT2D eigenvalue weighted by Gasteiger charge is -1.96. The SMILES string of the molecule is CCc1c(C(=O)O)[nH]c2ccc(C#N)cc12. The van der Waals surface area contributed by atoms with Gasteiger partial charge in [0.15, 0.2) is 0 Å². The minimum absolute atomic E-state index is 0.215. The molecule has 4 heteroatoms. The van der Waals surface area contributed by atoms with Gasteiger partial charge in [-0.15, -0.1) is 0 Å². The van der Waals surface area contributed by atoms with Crippen LogP contribution in [0.5, 0.6) is 0 Å². The fourth-order valence-corrected chi connectivity index (χ4v) is 1.87. The number of carboxylic acids is 1. The van der Waals surface area contributed by atoms with Gasteiger partial charge in [-0.2, -0.15) is 5.26 Å². The van der Waals surface area contributed by atoms with Crippen LogP contribution in [0, 0.1) is 11.3 Å². The third kappa shape index (κ3) is 1.43. The topological polar surface area (TPSA) is 76.9 Å². The Morgan fingerprint density at radius 1 is 1.56 bits per heavy atom. The number of carbonyl (C=O) groups is 1. The first-order valence-corrected chi connectivity index (χ1v) is 4.95. The van der Waals surface area contributed by atoms with Crippen LogP contribution in [-0.4, -0.2) is 16.1 Å². The first-order valence-electron chi connectivity index (χ1n) is 4.95. The van der Waals surface area contributed by atoms with E-state index < -0.39 is 5.97 Å². The zero-order valence-electron chi connectivity index (χ0n) is 8.74. The highest BCUT2D eigenvalue weighted by Gasteiger charge is 2.15. The summed E-state index contributed by atoms with van der Waals surface area (Å²) in [5, 5.41) is 18.6. The van der Waals surface area contributed by atoms with Gasteiger partial charge in [-0.3, -0.25) is 0 Å². The molecular weight excluding hydrogens is 204 g/mol. The summed E-state index contributed by atoms with van der Waals surface area (Å²) in [6, 6.07) is 7.17.